The number of carbonyl (C=O) groups excluding carboxylic acids is 1. The topological polar surface area (TPSA) is 73.0 Å². The van der Waals surface area contributed by atoms with Gasteiger partial charge in [0.2, 0.25) is 12.0 Å². The predicted octanol–water partition coefficient (Wildman–Crippen LogP) is 3.47. The lowest BCUT2D eigenvalue weighted by Gasteiger charge is -2.36. The summed E-state index contributed by atoms with van der Waals surface area (Å²) in [7, 11) is 0. The summed E-state index contributed by atoms with van der Waals surface area (Å²) in [6.07, 6.45) is -0.623. The Morgan fingerprint density at radius 2 is 1.78 bits per heavy atom. The zero-order valence-corrected chi connectivity index (χ0v) is 18.7. The van der Waals surface area contributed by atoms with Crippen molar-refractivity contribution in [3.05, 3.63) is 58.4 Å². The van der Waals surface area contributed by atoms with Crippen LogP contribution in [0.25, 0.3) is 11.5 Å². The zero-order chi connectivity index (χ0) is 22.1. The van der Waals surface area contributed by atoms with Gasteiger partial charge in [0.15, 0.2) is 11.5 Å². The van der Waals surface area contributed by atoms with Crippen LogP contribution in [0.5, 0.6) is 11.5 Å². The van der Waals surface area contributed by atoms with E-state index in [1.165, 1.54) is 0 Å². The molecule has 1 fully saturated rings. The molecule has 0 aliphatic carbocycles. The normalized spacial score (nSPS) is 18.5. The summed E-state index contributed by atoms with van der Waals surface area (Å²) in [6, 6.07) is 14.6. The van der Waals surface area contributed by atoms with Crippen molar-refractivity contribution in [2.75, 3.05) is 32.8 Å². The molecule has 32 heavy (non-hydrogen) atoms. The SMILES string of the molecule is O=C([C@H]1COc2ccccc2O1)N1CCN(Cn2nc(-c3ccc(Cl)cc3)oc2=S)CC1. The number of halogens is 1. The quantitative estimate of drug-likeness (QED) is 0.538. The van der Waals surface area contributed by atoms with E-state index in [0.29, 0.717) is 60.1 Å². The van der Waals surface area contributed by atoms with Gasteiger partial charge in [0.05, 0.1) is 6.67 Å². The molecule has 2 aromatic carbocycles. The fourth-order valence-corrected chi connectivity index (χ4v) is 4.05. The van der Waals surface area contributed by atoms with Gasteiger partial charge in [0.25, 0.3) is 10.7 Å². The highest BCUT2D eigenvalue weighted by Crippen LogP contribution is 2.31. The van der Waals surface area contributed by atoms with Crippen LogP contribution in [-0.2, 0) is 11.5 Å². The second-order valence-corrected chi connectivity index (χ2v) is 8.41. The van der Waals surface area contributed by atoms with Crippen LogP contribution in [0, 0.1) is 4.84 Å². The molecule has 3 aromatic rings. The van der Waals surface area contributed by atoms with Crippen molar-refractivity contribution < 1.29 is 18.7 Å². The molecule has 8 nitrogen and oxygen atoms in total. The van der Waals surface area contributed by atoms with Crippen molar-refractivity contribution in [3.8, 4) is 23.0 Å². The third kappa shape index (κ3) is 4.36. The lowest BCUT2D eigenvalue weighted by molar-refractivity contribution is -0.143. The largest absolute Gasteiger partial charge is 0.485 e. The predicted molar refractivity (Wildman–Crippen MR) is 120 cm³/mol. The molecule has 1 aromatic heterocycles. The molecule has 0 radical (unpaired) electrons. The molecule has 3 heterocycles. The van der Waals surface area contributed by atoms with Crippen molar-refractivity contribution in [1.29, 1.82) is 0 Å². The van der Waals surface area contributed by atoms with Gasteiger partial charge in [0.1, 0.15) is 6.61 Å². The minimum absolute atomic E-state index is 0.0535. The van der Waals surface area contributed by atoms with Crippen LogP contribution in [0.15, 0.2) is 52.9 Å². The second-order valence-electron chi connectivity index (χ2n) is 7.63. The highest BCUT2D eigenvalue weighted by atomic mass is 35.5. The number of nitrogens with zero attached hydrogens (tertiary/aromatic N) is 4. The van der Waals surface area contributed by atoms with E-state index in [-0.39, 0.29) is 12.5 Å². The molecule has 5 rings (SSSR count). The third-order valence-corrected chi connectivity index (χ3v) is 6.05. The van der Waals surface area contributed by atoms with Crippen molar-refractivity contribution in [2.24, 2.45) is 0 Å². The van der Waals surface area contributed by atoms with Crippen molar-refractivity contribution >= 4 is 29.7 Å². The van der Waals surface area contributed by atoms with Gasteiger partial charge < -0.3 is 18.8 Å². The van der Waals surface area contributed by atoms with Gasteiger partial charge in [-0.3, -0.25) is 9.69 Å². The average Bonchev–Trinajstić information content (AvgIpc) is 3.19. The van der Waals surface area contributed by atoms with E-state index < -0.39 is 6.10 Å². The number of rotatable bonds is 4. The summed E-state index contributed by atoms with van der Waals surface area (Å²) < 4.78 is 18.9. The molecular formula is C22H21ClN4O4S. The van der Waals surface area contributed by atoms with E-state index in [1.807, 2.05) is 41.3 Å². The molecule has 2 aliphatic heterocycles. The summed E-state index contributed by atoms with van der Waals surface area (Å²) >= 11 is 11.3. The highest BCUT2D eigenvalue weighted by Gasteiger charge is 2.32. The standard InChI is InChI=1S/C22H21ClN4O4S/c23-16-7-5-15(6-8-16)20-24-27(22(32)31-20)14-25-9-11-26(12-10-25)21(28)19-13-29-17-3-1-2-4-18(17)30-19/h1-8,19H,9-14H2/t19-/m1/s1. The number of benzene rings is 2. The maximum Gasteiger partial charge on any atom is 0.288 e. The van der Waals surface area contributed by atoms with Crippen LogP contribution in [0.4, 0.5) is 0 Å². The lowest BCUT2D eigenvalue weighted by Crippen LogP contribution is -2.54. The van der Waals surface area contributed by atoms with E-state index >= 15 is 0 Å². The first-order valence-corrected chi connectivity index (χ1v) is 11.1. The molecule has 1 saturated heterocycles. The Balaban J connectivity index is 1.17. The molecule has 0 saturated carbocycles. The number of aromatic nitrogens is 2. The second kappa shape index (κ2) is 8.93. The highest BCUT2D eigenvalue weighted by molar-refractivity contribution is 7.71. The molecule has 0 bridgehead atoms. The number of carbonyl (C=O) groups is 1. The van der Waals surface area contributed by atoms with Crippen LogP contribution in [0.2, 0.25) is 5.02 Å². The van der Waals surface area contributed by atoms with Crippen LogP contribution in [0.3, 0.4) is 0 Å². The number of amides is 1. The van der Waals surface area contributed by atoms with E-state index in [2.05, 4.69) is 10.00 Å². The summed E-state index contributed by atoms with van der Waals surface area (Å²) in [6.45, 7) is 3.29. The Hall–Kier alpha value is -2.88. The third-order valence-electron chi connectivity index (χ3n) is 5.50. The summed E-state index contributed by atoms with van der Waals surface area (Å²) in [5.74, 6) is 1.67. The fourth-order valence-electron chi connectivity index (χ4n) is 3.75. The maximum absolute atomic E-state index is 12.9. The lowest BCUT2D eigenvalue weighted by atomic mass is 10.2. The van der Waals surface area contributed by atoms with Crippen molar-refractivity contribution in [3.63, 3.8) is 0 Å². The van der Waals surface area contributed by atoms with E-state index in [4.69, 9.17) is 37.7 Å². The molecule has 0 N–H and O–H groups in total. The monoisotopic (exact) mass is 472 g/mol. The number of para-hydroxylation sites is 2. The zero-order valence-electron chi connectivity index (χ0n) is 17.1. The van der Waals surface area contributed by atoms with Gasteiger partial charge in [-0.05, 0) is 48.6 Å². The van der Waals surface area contributed by atoms with Crippen molar-refractivity contribution in [1.82, 2.24) is 19.6 Å². The Morgan fingerprint density at radius 3 is 2.53 bits per heavy atom. The maximum atomic E-state index is 12.9. The van der Waals surface area contributed by atoms with Gasteiger partial charge in [0, 0.05) is 36.8 Å². The van der Waals surface area contributed by atoms with Crippen LogP contribution in [-0.4, -0.2) is 64.4 Å². The molecule has 10 heteroatoms. The fraction of sp³-hybridized carbons (Fsp3) is 0.318. The first kappa shape index (κ1) is 21.0. The Bertz CT molecular complexity index is 1170. The molecule has 0 unspecified atom stereocenters. The molecular weight excluding hydrogens is 452 g/mol. The average molecular weight is 473 g/mol. The number of fused-ring (bicyclic) bond motifs is 1. The van der Waals surface area contributed by atoms with Gasteiger partial charge in [-0.25, -0.2) is 4.68 Å². The molecule has 1 amide bonds. The smallest absolute Gasteiger partial charge is 0.288 e. The molecule has 166 valence electrons. The summed E-state index contributed by atoms with van der Waals surface area (Å²) in [4.78, 5) is 17.2. The van der Waals surface area contributed by atoms with Crippen LogP contribution >= 0.6 is 23.8 Å². The molecule has 1 atom stereocenters. The minimum Gasteiger partial charge on any atom is -0.485 e. The Labute approximate surface area is 194 Å². The Morgan fingerprint density at radius 1 is 1.06 bits per heavy atom. The van der Waals surface area contributed by atoms with E-state index in [1.54, 1.807) is 16.8 Å². The first-order chi connectivity index (χ1) is 15.6. The molecule has 0 spiro atoms. The van der Waals surface area contributed by atoms with E-state index in [9.17, 15) is 4.79 Å². The number of ether oxygens (including phenoxy) is 2. The Kier molecular flexibility index (Phi) is 5.86. The first-order valence-electron chi connectivity index (χ1n) is 10.3. The van der Waals surface area contributed by atoms with Crippen LogP contribution in [0.1, 0.15) is 0 Å². The minimum atomic E-state index is -0.623. The number of hydrogen-bond donors (Lipinski definition) is 0. The number of hydrogen-bond acceptors (Lipinski definition) is 7. The van der Waals surface area contributed by atoms with E-state index in [0.717, 1.165) is 5.56 Å². The van der Waals surface area contributed by atoms with Gasteiger partial charge >= 0.3 is 0 Å². The van der Waals surface area contributed by atoms with Crippen LogP contribution < -0.4 is 9.47 Å². The van der Waals surface area contributed by atoms with Gasteiger partial charge in [-0.15, -0.1) is 5.10 Å². The van der Waals surface area contributed by atoms with Crippen molar-refractivity contribution in [2.45, 2.75) is 12.8 Å². The molecule has 2 aliphatic rings. The summed E-state index contributed by atoms with van der Waals surface area (Å²) in [5.41, 5.74) is 0.811. The number of piperazine rings is 1. The van der Waals surface area contributed by atoms with Gasteiger partial charge in [-0.2, -0.15) is 0 Å². The van der Waals surface area contributed by atoms with Gasteiger partial charge in [-0.1, -0.05) is 23.7 Å². The summed E-state index contributed by atoms with van der Waals surface area (Å²) in [5, 5.41) is 5.14.